The summed E-state index contributed by atoms with van der Waals surface area (Å²) in [6.45, 7) is 0. The molecule has 1 saturated heterocycles. The largest absolute Gasteiger partial charge is 0.502 e. The number of rotatable bonds is 2. The second-order valence-electron chi connectivity index (χ2n) is 4.68. The van der Waals surface area contributed by atoms with Gasteiger partial charge in [0.05, 0.1) is 5.56 Å². The summed E-state index contributed by atoms with van der Waals surface area (Å²) in [6, 6.07) is 3.55. The molecule has 1 aliphatic heterocycles. The van der Waals surface area contributed by atoms with Crippen molar-refractivity contribution in [2.24, 2.45) is 0 Å². The van der Waals surface area contributed by atoms with E-state index in [9.17, 15) is 24.2 Å². The van der Waals surface area contributed by atoms with Crippen molar-refractivity contribution in [3.8, 4) is 22.8 Å². The maximum absolute atomic E-state index is 13.8. The molecule has 114 valence electrons. The minimum Gasteiger partial charge on any atom is -0.502 e. The molecule has 6 nitrogen and oxygen atoms in total. The molecule has 8 heteroatoms. The fraction of sp³-hybridized carbons (Fsp3) is 0.143. The third-order valence-electron chi connectivity index (χ3n) is 3.27. The van der Waals surface area contributed by atoms with Crippen LogP contribution in [0.15, 0.2) is 22.6 Å². The Morgan fingerprint density at radius 2 is 1.77 bits per heavy atom. The lowest BCUT2D eigenvalue weighted by Gasteiger charge is -2.09. The van der Waals surface area contributed by atoms with E-state index >= 15 is 0 Å². The van der Waals surface area contributed by atoms with Crippen LogP contribution in [0, 0.1) is 5.82 Å². The van der Waals surface area contributed by atoms with Crippen LogP contribution in [-0.2, 0) is 9.59 Å². The van der Waals surface area contributed by atoms with Crippen LogP contribution in [0.1, 0.15) is 12.8 Å². The van der Waals surface area contributed by atoms with Crippen molar-refractivity contribution in [1.82, 2.24) is 0 Å². The number of carbonyl (C=O) groups excluding carboxylic acids is 2. The van der Waals surface area contributed by atoms with Crippen molar-refractivity contribution in [2.75, 3.05) is 4.90 Å². The first-order valence-electron chi connectivity index (χ1n) is 6.26. The average molecular weight is 326 g/mol. The van der Waals surface area contributed by atoms with Crippen LogP contribution in [0.5, 0.6) is 11.5 Å². The van der Waals surface area contributed by atoms with Crippen molar-refractivity contribution >= 4 is 29.3 Å². The Bertz CT molecular complexity index is 785. The summed E-state index contributed by atoms with van der Waals surface area (Å²) in [5, 5.41) is 20.0. The van der Waals surface area contributed by atoms with Gasteiger partial charge in [0.25, 0.3) is 5.88 Å². The minimum absolute atomic E-state index is 0.0272. The predicted molar refractivity (Wildman–Crippen MR) is 74.2 cm³/mol. The Kier molecular flexibility index (Phi) is 3.29. The van der Waals surface area contributed by atoms with Gasteiger partial charge in [0, 0.05) is 17.9 Å². The molecule has 3 rings (SSSR count). The highest BCUT2D eigenvalue weighted by Crippen LogP contribution is 2.48. The van der Waals surface area contributed by atoms with Gasteiger partial charge in [0.2, 0.25) is 23.3 Å². The van der Waals surface area contributed by atoms with E-state index in [-0.39, 0.29) is 23.4 Å². The molecule has 0 bridgehead atoms. The third-order valence-corrected chi connectivity index (χ3v) is 3.50. The number of furan rings is 1. The molecule has 0 radical (unpaired) electrons. The van der Waals surface area contributed by atoms with E-state index in [1.807, 2.05) is 0 Å². The molecule has 2 aromatic rings. The Morgan fingerprint density at radius 3 is 2.41 bits per heavy atom. The van der Waals surface area contributed by atoms with E-state index < -0.39 is 40.8 Å². The van der Waals surface area contributed by atoms with Gasteiger partial charge in [-0.05, 0) is 18.2 Å². The van der Waals surface area contributed by atoms with Crippen LogP contribution in [0.4, 0.5) is 10.3 Å². The number of anilines is 1. The molecular weight excluding hydrogens is 317 g/mol. The number of hydrogen-bond donors (Lipinski definition) is 2. The van der Waals surface area contributed by atoms with Crippen molar-refractivity contribution in [2.45, 2.75) is 12.8 Å². The van der Waals surface area contributed by atoms with Gasteiger partial charge in [-0.3, -0.25) is 9.59 Å². The lowest BCUT2D eigenvalue weighted by molar-refractivity contribution is -0.121. The van der Waals surface area contributed by atoms with Gasteiger partial charge in [0.15, 0.2) is 5.76 Å². The van der Waals surface area contributed by atoms with Crippen LogP contribution in [0.3, 0.4) is 0 Å². The Labute approximate surface area is 128 Å². The monoisotopic (exact) mass is 325 g/mol. The quantitative estimate of drug-likeness (QED) is 0.828. The molecule has 2 heterocycles. The predicted octanol–water partition coefficient (Wildman–Crippen LogP) is 2.80. The summed E-state index contributed by atoms with van der Waals surface area (Å²) >= 11 is 5.77. The molecule has 1 aromatic carbocycles. The van der Waals surface area contributed by atoms with E-state index in [0.717, 1.165) is 6.07 Å². The molecule has 0 aliphatic carbocycles. The normalized spacial score (nSPS) is 14.9. The summed E-state index contributed by atoms with van der Waals surface area (Å²) < 4.78 is 19.0. The maximum atomic E-state index is 13.8. The van der Waals surface area contributed by atoms with Gasteiger partial charge >= 0.3 is 0 Å². The summed E-state index contributed by atoms with van der Waals surface area (Å²) in [4.78, 5) is 24.0. The third kappa shape index (κ3) is 2.10. The van der Waals surface area contributed by atoms with Gasteiger partial charge in [-0.1, -0.05) is 11.6 Å². The first-order valence-corrected chi connectivity index (χ1v) is 6.64. The van der Waals surface area contributed by atoms with E-state index in [1.54, 1.807) is 0 Å². The number of carbonyl (C=O) groups is 2. The fourth-order valence-corrected chi connectivity index (χ4v) is 2.38. The molecule has 0 atom stereocenters. The molecule has 1 fully saturated rings. The second kappa shape index (κ2) is 5.03. The number of aromatic hydroxyl groups is 2. The summed E-state index contributed by atoms with van der Waals surface area (Å²) in [5.41, 5.74) is -0.203. The van der Waals surface area contributed by atoms with E-state index in [2.05, 4.69) is 0 Å². The zero-order chi connectivity index (χ0) is 16.0. The zero-order valence-corrected chi connectivity index (χ0v) is 11.7. The van der Waals surface area contributed by atoms with Gasteiger partial charge in [-0.25, -0.2) is 9.29 Å². The van der Waals surface area contributed by atoms with Crippen molar-refractivity contribution < 1.29 is 28.6 Å². The highest BCUT2D eigenvalue weighted by molar-refractivity contribution is 6.30. The highest BCUT2D eigenvalue weighted by Gasteiger charge is 2.37. The molecule has 22 heavy (non-hydrogen) atoms. The van der Waals surface area contributed by atoms with Crippen molar-refractivity contribution in [1.29, 1.82) is 0 Å². The van der Waals surface area contributed by atoms with Crippen LogP contribution < -0.4 is 4.90 Å². The maximum Gasteiger partial charge on any atom is 0.256 e. The van der Waals surface area contributed by atoms with Crippen LogP contribution in [0.2, 0.25) is 5.02 Å². The molecule has 0 unspecified atom stereocenters. The summed E-state index contributed by atoms with van der Waals surface area (Å²) in [7, 11) is 0. The van der Waals surface area contributed by atoms with Gasteiger partial charge in [-0.15, -0.1) is 0 Å². The van der Waals surface area contributed by atoms with Crippen molar-refractivity contribution in [3.63, 3.8) is 0 Å². The molecule has 1 aromatic heterocycles. The lowest BCUT2D eigenvalue weighted by atomic mass is 10.1. The van der Waals surface area contributed by atoms with Crippen LogP contribution >= 0.6 is 11.6 Å². The Morgan fingerprint density at radius 1 is 1.14 bits per heavy atom. The highest BCUT2D eigenvalue weighted by atomic mass is 35.5. The molecular formula is C14H9ClFNO5. The fourth-order valence-electron chi connectivity index (χ4n) is 2.21. The van der Waals surface area contributed by atoms with Gasteiger partial charge in [-0.2, -0.15) is 0 Å². The molecule has 2 N–H and O–H groups in total. The second-order valence-corrected chi connectivity index (χ2v) is 5.12. The minimum atomic E-state index is -0.807. The topological polar surface area (TPSA) is 91.0 Å². The summed E-state index contributed by atoms with van der Waals surface area (Å²) in [6.07, 6.45) is -0.0544. The molecule has 2 amide bonds. The Hall–Kier alpha value is -2.54. The van der Waals surface area contributed by atoms with Crippen LogP contribution in [-0.4, -0.2) is 22.0 Å². The number of benzene rings is 1. The number of amides is 2. The lowest BCUT2D eigenvalue weighted by Crippen LogP contribution is -2.28. The average Bonchev–Trinajstić information content (AvgIpc) is 2.95. The Balaban J connectivity index is 2.16. The molecule has 0 spiro atoms. The molecule has 0 saturated carbocycles. The standard InChI is InChI=1S/C14H9ClFNO5/c15-6-1-2-8(16)7(5-6)13-11(20)12(21)14(22-13)17-9(18)3-4-10(17)19/h1-2,5,20-21H,3-4H2. The summed E-state index contributed by atoms with van der Waals surface area (Å²) in [5.74, 6) is -4.43. The number of imide groups is 1. The molecule has 1 aliphatic rings. The smallest absolute Gasteiger partial charge is 0.256 e. The van der Waals surface area contributed by atoms with E-state index in [1.165, 1.54) is 12.1 Å². The first kappa shape index (κ1) is 14.4. The zero-order valence-electron chi connectivity index (χ0n) is 11.0. The van der Waals surface area contributed by atoms with Crippen molar-refractivity contribution in [3.05, 3.63) is 29.0 Å². The number of halogens is 2. The van der Waals surface area contributed by atoms with Gasteiger partial charge in [0.1, 0.15) is 5.82 Å². The van der Waals surface area contributed by atoms with E-state index in [0.29, 0.717) is 4.90 Å². The number of hydrogen-bond acceptors (Lipinski definition) is 5. The SMILES string of the molecule is O=C1CCC(=O)N1c1oc(-c2cc(Cl)ccc2F)c(O)c1O. The van der Waals surface area contributed by atoms with Gasteiger partial charge < -0.3 is 14.6 Å². The number of nitrogens with zero attached hydrogens (tertiary/aromatic N) is 1. The van der Waals surface area contributed by atoms with E-state index in [4.69, 9.17) is 16.0 Å². The van der Waals surface area contributed by atoms with Crippen LogP contribution in [0.25, 0.3) is 11.3 Å². The first-order chi connectivity index (χ1) is 10.4.